The molecular formula is C44H42Cl2F2N2O8. The van der Waals surface area contributed by atoms with Crippen molar-refractivity contribution in [3.8, 4) is 17.2 Å². The number of hydrogen-bond acceptors (Lipinski definition) is 10. The molecular weight excluding hydrogens is 793 g/mol. The van der Waals surface area contributed by atoms with Gasteiger partial charge in [0.1, 0.15) is 30.3 Å². The van der Waals surface area contributed by atoms with Crippen LogP contribution in [0.25, 0.3) is 0 Å². The number of carbonyl (C=O) groups excluding carboxylic acids is 2. The molecule has 8 rings (SSSR count). The molecule has 3 fully saturated rings. The summed E-state index contributed by atoms with van der Waals surface area (Å²) in [4.78, 5) is 33.3. The maximum atomic E-state index is 13.6. The van der Waals surface area contributed by atoms with Crippen LogP contribution >= 0.6 is 23.2 Å². The summed E-state index contributed by atoms with van der Waals surface area (Å²) in [5.74, 6) is -0.221. The highest BCUT2D eigenvalue weighted by molar-refractivity contribution is 6.35. The van der Waals surface area contributed by atoms with Crippen molar-refractivity contribution in [3.05, 3.63) is 141 Å². The molecule has 0 amide bonds. The Morgan fingerprint density at radius 3 is 2.34 bits per heavy atom. The highest BCUT2D eigenvalue weighted by Gasteiger charge is 2.37. The SMILES string of the molecule is CCOc1cc([C@H](Cc2c(Cl)cncc2Cl)OC(=O)c2ccc(COc3cccc([C@@H](CC(=O)O[C@H]4CN5CCC4CC5)c4ccccc4)c3)o2)ccc1OC(F)F. The summed E-state index contributed by atoms with van der Waals surface area (Å²) in [7, 11) is 0. The number of piperidine rings is 3. The monoisotopic (exact) mass is 834 g/mol. The standard InChI is InChI=1S/C44H42Cl2F2N2O8/c1-2-53-40-20-30(11-13-37(40)58-44(47)48)39(21-34-35(45)23-49-24-36(34)46)57-43(52)38-14-12-32(55-38)26-54-31-10-6-9-29(19-31)33(27-7-4-3-5-8-27)22-42(51)56-41-25-50-17-15-28(41)16-18-50/h3-14,19-20,23-24,28,33,39,41,44H,2,15-18,21-22,25-26H2,1H3/t33-,39-,41-/m0/s1. The number of carbonyl (C=O) groups is 2. The van der Waals surface area contributed by atoms with Crippen molar-refractivity contribution in [2.45, 2.75) is 64.0 Å². The fourth-order valence-electron chi connectivity index (χ4n) is 7.50. The molecule has 3 aliphatic rings. The molecule has 304 valence electrons. The smallest absolute Gasteiger partial charge is 0.387 e. The normalized spacial score (nSPS) is 18.3. The van der Waals surface area contributed by atoms with Gasteiger partial charge in [-0.1, -0.05) is 71.7 Å². The molecule has 3 saturated heterocycles. The second kappa shape index (κ2) is 19.1. The van der Waals surface area contributed by atoms with Crippen LogP contribution in [0.2, 0.25) is 10.0 Å². The van der Waals surface area contributed by atoms with E-state index in [1.54, 1.807) is 13.0 Å². The lowest BCUT2D eigenvalue weighted by molar-refractivity contribution is -0.159. The first-order chi connectivity index (χ1) is 28.1. The third-order valence-electron chi connectivity index (χ3n) is 10.4. The Labute approximate surface area is 344 Å². The predicted octanol–water partition coefficient (Wildman–Crippen LogP) is 9.86. The van der Waals surface area contributed by atoms with E-state index in [1.165, 1.54) is 36.7 Å². The molecule has 2 bridgehead atoms. The van der Waals surface area contributed by atoms with E-state index in [1.807, 2.05) is 54.6 Å². The zero-order chi connectivity index (χ0) is 40.6. The summed E-state index contributed by atoms with van der Waals surface area (Å²) < 4.78 is 60.4. The number of esters is 2. The van der Waals surface area contributed by atoms with E-state index in [0.717, 1.165) is 43.6 Å². The predicted molar refractivity (Wildman–Crippen MR) is 212 cm³/mol. The molecule has 10 nitrogen and oxygen atoms in total. The van der Waals surface area contributed by atoms with Gasteiger partial charge in [0, 0.05) is 31.3 Å². The number of halogens is 4. The minimum atomic E-state index is -3.07. The number of benzene rings is 3. The van der Waals surface area contributed by atoms with Crippen LogP contribution in [0, 0.1) is 5.92 Å². The van der Waals surface area contributed by atoms with E-state index in [9.17, 15) is 18.4 Å². The molecule has 14 heteroatoms. The highest BCUT2D eigenvalue weighted by atomic mass is 35.5. The fourth-order valence-corrected chi connectivity index (χ4v) is 8.02. The van der Waals surface area contributed by atoms with Crippen LogP contribution in [0.1, 0.15) is 76.8 Å². The van der Waals surface area contributed by atoms with Crippen molar-refractivity contribution in [2.24, 2.45) is 5.92 Å². The van der Waals surface area contributed by atoms with Crippen molar-refractivity contribution in [2.75, 3.05) is 26.2 Å². The molecule has 58 heavy (non-hydrogen) atoms. The Bertz CT molecular complexity index is 2160. The Balaban J connectivity index is 1.04. The van der Waals surface area contributed by atoms with Gasteiger partial charge in [-0.3, -0.25) is 14.7 Å². The molecule has 5 aromatic rings. The van der Waals surface area contributed by atoms with Crippen molar-refractivity contribution in [1.29, 1.82) is 0 Å². The quantitative estimate of drug-likeness (QED) is 0.0840. The van der Waals surface area contributed by atoms with E-state index in [0.29, 0.717) is 28.6 Å². The minimum Gasteiger partial charge on any atom is -0.490 e. The summed E-state index contributed by atoms with van der Waals surface area (Å²) in [5.41, 5.74) is 2.73. The van der Waals surface area contributed by atoms with Crippen LogP contribution in [-0.4, -0.2) is 60.8 Å². The van der Waals surface area contributed by atoms with Crippen LogP contribution < -0.4 is 14.2 Å². The number of ether oxygens (including phenoxy) is 5. The van der Waals surface area contributed by atoms with Gasteiger partial charge in [0.2, 0.25) is 5.76 Å². The first-order valence-corrected chi connectivity index (χ1v) is 19.9. The van der Waals surface area contributed by atoms with Gasteiger partial charge < -0.3 is 28.1 Å². The average Bonchev–Trinajstić information content (AvgIpc) is 3.71. The Kier molecular flexibility index (Phi) is 13.5. The van der Waals surface area contributed by atoms with Crippen molar-refractivity contribution >= 4 is 35.1 Å². The molecule has 3 atom stereocenters. The second-order valence-corrected chi connectivity index (χ2v) is 15.0. The Morgan fingerprint density at radius 2 is 1.64 bits per heavy atom. The Hall–Kier alpha value is -5.17. The van der Waals surface area contributed by atoms with Crippen LogP contribution in [0.3, 0.4) is 0 Å². The molecule has 3 aliphatic heterocycles. The molecule has 0 aliphatic carbocycles. The number of hydrogen-bond donors (Lipinski definition) is 0. The zero-order valence-corrected chi connectivity index (χ0v) is 33.2. The van der Waals surface area contributed by atoms with E-state index in [2.05, 4.69) is 14.6 Å². The lowest BCUT2D eigenvalue weighted by Gasteiger charge is -2.44. The second-order valence-electron chi connectivity index (χ2n) is 14.2. The van der Waals surface area contributed by atoms with Crippen molar-refractivity contribution < 1.29 is 46.5 Å². The molecule has 0 N–H and O–H groups in total. The molecule has 5 heterocycles. The number of rotatable bonds is 17. The zero-order valence-electron chi connectivity index (χ0n) is 31.7. The molecule has 2 aromatic heterocycles. The lowest BCUT2D eigenvalue weighted by atomic mass is 9.85. The van der Waals surface area contributed by atoms with Gasteiger partial charge in [-0.15, -0.1) is 0 Å². The van der Waals surface area contributed by atoms with Gasteiger partial charge in [0.25, 0.3) is 0 Å². The topological polar surface area (TPSA) is 110 Å². The largest absolute Gasteiger partial charge is 0.490 e. The van der Waals surface area contributed by atoms with Crippen molar-refractivity contribution in [1.82, 2.24) is 9.88 Å². The van der Waals surface area contributed by atoms with Gasteiger partial charge >= 0.3 is 18.6 Å². The highest BCUT2D eigenvalue weighted by Crippen LogP contribution is 2.37. The van der Waals surface area contributed by atoms with Gasteiger partial charge in [-0.05, 0) is 97.4 Å². The maximum absolute atomic E-state index is 13.6. The number of fused-ring (bicyclic) bond motifs is 3. The van der Waals surface area contributed by atoms with E-state index < -0.39 is 18.7 Å². The van der Waals surface area contributed by atoms with Crippen LogP contribution in [0.4, 0.5) is 8.78 Å². The van der Waals surface area contributed by atoms with E-state index in [4.69, 9.17) is 46.6 Å². The molecule has 0 unspecified atom stereocenters. The van der Waals surface area contributed by atoms with Gasteiger partial charge in [-0.25, -0.2) is 4.79 Å². The summed E-state index contributed by atoms with van der Waals surface area (Å²) in [5, 5.41) is 0.495. The first kappa shape index (κ1) is 41.0. The summed E-state index contributed by atoms with van der Waals surface area (Å²) in [6.45, 7) is 1.70. The van der Waals surface area contributed by atoms with E-state index >= 15 is 0 Å². The van der Waals surface area contributed by atoms with Gasteiger partial charge in [0.05, 0.1) is 23.1 Å². The van der Waals surface area contributed by atoms with Gasteiger partial charge in [0.15, 0.2) is 11.5 Å². The maximum Gasteiger partial charge on any atom is 0.387 e. The van der Waals surface area contributed by atoms with E-state index in [-0.39, 0.29) is 71.4 Å². The third-order valence-corrected chi connectivity index (χ3v) is 11.1. The Morgan fingerprint density at radius 1 is 0.879 bits per heavy atom. The number of pyridine rings is 1. The summed E-state index contributed by atoms with van der Waals surface area (Å²) in [6, 6.07) is 24.7. The van der Waals surface area contributed by atoms with Crippen LogP contribution in [-0.2, 0) is 27.3 Å². The summed E-state index contributed by atoms with van der Waals surface area (Å²) in [6.07, 6.45) is 4.06. The number of furan rings is 1. The van der Waals surface area contributed by atoms with Crippen molar-refractivity contribution in [3.63, 3.8) is 0 Å². The van der Waals surface area contributed by atoms with Crippen LogP contribution in [0.15, 0.2) is 102 Å². The molecule has 0 radical (unpaired) electrons. The fraction of sp³-hybridized carbons (Fsp3) is 0.341. The number of aromatic nitrogens is 1. The first-order valence-electron chi connectivity index (χ1n) is 19.1. The summed E-state index contributed by atoms with van der Waals surface area (Å²) >= 11 is 12.8. The van der Waals surface area contributed by atoms with Crippen LogP contribution in [0.5, 0.6) is 17.2 Å². The minimum absolute atomic E-state index is 0.0106. The average molecular weight is 836 g/mol. The number of nitrogens with zero attached hydrogens (tertiary/aromatic N) is 2. The van der Waals surface area contributed by atoms with Gasteiger partial charge in [-0.2, -0.15) is 8.78 Å². The third kappa shape index (κ3) is 10.3. The number of alkyl halides is 2. The molecule has 0 spiro atoms. The molecule has 0 saturated carbocycles. The lowest BCUT2D eigenvalue weighted by Crippen LogP contribution is -2.52. The molecule has 3 aromatic carbocycles.